The Labute approximate surface area is 151 Å². The molecule has 2 saturated heterocycles. The minimum absolute atomic E-state index is 0.0922. The highest BCUT2D eigenvalue weighted by atomic mass is 32.1. The Bertz CT molecular complexity index is 686. The predicted octanol–water partition coefficient (Wildman–Crippen LogP) is 2.30. The number of hydrogen-bond donors (Lipinski definition) is 0. The van der Waals surface area contributed by atoms with Gasteiger partial charge >= 0.3 is 6.03 Å². The standard InChI is InChI=1S/C18H23N3O3S/c1-2-8-20-17(23)15-14(7-9-19(15)16(22)12-5-6-12)21(18(20)24)11-13-4-3-10-25-13/h3-4,10,12,14-15H,2,5-9,11H2,1H3/t14-,15-/m1/s1. The molecule has 4 amide bonds. The molecule has 0 radical (unpaired) electrons. The molecule has 3 fully saturated rings. The van der Waals surface area contributed by atoms with Crippen LogP contribution < -0.4 is 0 Å². The number of imide groups is 1. The number of hydrogen-bond acceptors (Lipinski definition) is 4. The first-order chi connectivity index (χ1) is 12.1. The first-order valence-corrected chi connectivity index (χ1v) is 9.94. The van der Waals surface area contributed by atoms with Crippen LogP contribution in [0.1, 0.15) is 37.5 Å². The van der Waals surface area contributed by atoms with E-state index in [9.17, 15) is 14.4 Å². The maximum atomic E-state index is 13.0. The molecule has 1 aromatic heterocycles. The smallest absolute Gasteiger partial charge is 0.327 e. The van der Waals surface area contributed by atoms with Gasteiger partial charge in [0.25, 0.3) is 5.91 Å². The Kier molecular flexibility index (Phi) is 4.27. The summed E-state index contributed by atoms with van der Waals surface area (Å²) in [4.78, 5) is 44.6. The molecule has 1 aromatic rings. The first kappa shape index (κ1) is 16.6. The van der Waals surface area contributed by atoms with Crippen molar-refractivity contribution in [3.8, 4) is 0 Å². The lowest BCUT2D eigenvalue weighted by Gasteiger charge is -2.43. The van der Waals surface area contributed by atoms with Crippen molar-refractivity contribution < 1.29 is 14.4 Å². The molecule has 2 aliphatic heterocycles. The van der Waals surface area contributed by atoms with Crippen LogP contribution in [0.4, 0.5) is 4.79 Å². The number of thiophene rings is 1. The number of nitrogens with zero attached hydrogens (tertiary/aromatic N) is 3. The third kappa shape index (κ3) is 2.84. The van der Waals surface area contributed by atoms with E-state index in [0.717, 1.165) is 24.1 Å². The molecule has 4 rings (SSSR count). The molecule has 3 aliphatic rings. The monoisotopic (exact) mass is 361 g/mol. The molecule has 1 aliphatic carbocycles. The summed E-state index contributed by atoms with van der Waals surface area (Å²) in [5.41, 5.74) is 0. The van der Waals surface area contributed by atoms with Crippen molar-refractivity contribution >= 4 is 29.2 Å². The third-order valence-corrected chi connectivity index (χ3v) is 6.19. The van der Waals surface area contributed by atoms with Crippen molar-refractivity contribution in [2.24, 2.45) is 5.92 Å². The van der Waals surface area contributed by atoms with Crippen molar-refractivity contribution in [3.05, 3.63) is 22.4 Å². The average molecular weight is 361 g/mol. The lowest BCUT2D eigenvalue weighted by Crippen LogP contribution is -2.65. The van der Waals surface area contributed by atoms with Crippen LogP contribution in [0.2, 0.25) is 0 Å². The van der Waals surface area contributed by atoms with E-state index in [2.05, 4.69) is 0 Å². The lowest BCUT2D eigenvalue weighted by molar-refractivity contribution is -0.147. The molecular formula is C18H23N3O3S. The number of carbonyl (C=O) groups is 3. The van der Waals surface area contributed by atoms with Crippen molar-refractivity contribution in [2.75, 3.05) is 13.1 Å². The molecule has 0 N–H and O–H groups in total. The Hall–Kier alpha value is -1.89. The lowest BCUT2D eigenvalue weighted by atomic mass is 10.0. The van der Waals surface area contributed by atoms with Crippen LogP contribution in [-0.4, -0.2) is 57.7 Å². The number of rotatable bonds is 5. The number of urea groups is 1. The maximum Gasteiger partial charge on any atom is 0.327 e. The summed E-state index contributed by atoms with van der Waals surface area (Å²) in [6.07, 6.45) is 3.26. The van der Waals surface area contributed by atoms with E-state index < -0.39 is 6.04 Å². The van der Waals surface area contributed by atoms with Gasteiger partial charge in [0.1, 0.15) is 6.04 Å². The summed E-state index contributed by atoms with van der Waals surface area (Å²) in [5, 5.41) is 1.99. The van der Waals surface area contributed by atoms with Crippen molar-refractivity contribution in [1.82, 2.24) is 14.7 Å². The van der Waals surface area contributed by atoms with Crippen LogP contribution in [0.5, 0.6) is 0 Å². The molecule has 0 unspecified atom stereocenters. The van der Waals surface area contributed by atoms with Gasteiger partial charge in [0.2, 0.25) is 5.91 Å². The van der Waals surface area contributed by atoms with E-state index in [0.29, 0.717) is 26.1 Å². The molecule has 1 saturated carbocycles. The minimum Gasteiger partial charge on any atom is -0.328 e. The fraction of sp³-hybridized carbons (Fsp3) is 0.611. The first-order valence-electron chi connectivity index (χ1n) is 9.06. The van der Waals surface area contributed by atoms with Gasteiger partial charge in [-0.15, -0.1) is 11.3 Å². The van der Waals surface area contributed by atoms with Gasteiger partial charge in [-0.2, -0.15) is 0 Å². The summed E-state index contributed by atoms with van der Waals surface area (Å²) in [6.45, 7) is 3.45. The van der Waals surface area contributed by atoms with Gasteiger partial charge in [-0.3, -0.25) is 14.5 Å². The number of fused-ring (bicyclic) bond motifs is 1. The van der Waals surface area contributed by atoms with Crippen LogP contribution in [0.15, 0.2) is 17.5 Å². The fourth-order valence-corrected chi connectivity index (χ4v) is 4.65. The summed E-state index contributed by atoms with van der Waals surface area (Å²) in [6, 6.07) is 3.08. The van der Waals surface area contributed by atoms with E-state index in [1.807, 2.05) is 29.3 Å². The summed E-state index contributed by atoms with van der Waals surface area (Å²) in [5.74, 6) is 0.00282. The molecule has 0 aromatic carbocycles. The van der Waals surface area contributed by atoms with E-state index in [1.54, 1.807) is 16.2 Å². The maximum absolute atomic E-state index is 13.0. The second-order valence-electron chi connectivity index (χ2n) is 7.09. The minimum atomic E-state index is -0.502. The quantitative estimate of drug-likeness (QED) is 0.808. The van der Waals surface area contributed by atoms with Gasteiger partial charge in [-0.25, -0.2) is 4.79 Å². The molecule has 25 heavy (non-hydrogen) atoms. The van der Waals surface area contributed by atoms with Crippen LogP contribution >= 0.6 is 11.3 Å². The van der Waals surface area contributed by atoms with Crippen LogP contribution in [0.25, 0.3) is 0 Å². The van der Waals surface area contributed by atoms with E-state index in [-0.39, 0.29) is 29.8 Å². The molecule has 134 valence electrons. The highest BCUT2D eigenvalue weighted by Gasteiger charge is 2.54. The molecule has 0 spiro atoms. The van der Waals surface area contributed by atoms with E-state index in [4.69, 9.17) is 0 Å². The highest BCUT2D eigenvalue weighted by molar-refractivity contribution is 7.09. The zero-order chi connectivity index (χ0) is 17.6. The SMILES string of the molecule is CCCN1C(=O)[C@H]2[C@@H](CCN2C(=O)C2CC2)N(Cc2cccs2)C1=O. The Morgan fingerprint density at radius 3 is 2.72 bits per heavy atom. The molecule has 3 heterocycles. The Morgan fingerprint density at radius 2 is 2.08 bits per heavy atom. The van der Waals surface area contributed by atoms with Gasteiger partial charge in [0, 0.05) is 23.9 Å². The second kappa shape index (κ2) is 6.44. The Balaban J connectivity index is 1.63. The van der Waals surface area contributed by atoms with Crippen molar-refractivity contribution in [3.63, 3.8) is 0 Å². The van der Waals surface area contributed by atoms with Gasteiger partial charge in [0.15, 0.2) is 0 Å². The zero-order valence-corrected chi connectivity index (χ0v) is 15.2. The third-order valence-electron chi connectivity index (χ3n) is 5.33. The summed E-state index contributed by atoms with van der Waals surface area (Å²) >= 11 is 1.61. The highest BCUT2D eigenvalue weighted by Crippen LogP contribution is 2.37. The zero-order valence-electron chi connectivity index (χ0n) is 14.4. The van der Waals surface area contributed by atoms with Crippen LogP contribution in [0.3, 0.4) is 0 Å². The largest absolute Gasteiger partial charge is 0.328 e. The molecular weight excluding hydrogens is 338 g/mol. The number of carbonyl (C=O) groups excluding carboxylic acids is 3. The van der Waals surface area contributed by atoms with Crippen molar-refractivity contribution in [2.45, 2.75) is 51.2 Å². The number of likely N-dealkylation sites (tertiary alicyclic amines) is 1. The van der Waals surface area contributed by atoms with Crippen molar-refractivity contribution in [1.29, 1.82) is 0 Å². The molecule has 6 nitrogen and oxygen atoms in total. The molecule has 2 atom stereocenters. The van der Waals surface area contributed by atoms with Gasteiger partial charge < -0.3 is 9.80 Å². The fourth-order valence-electron chi connectivity index (χ4n) is 3.95. The Morgan fingerprint density at radius 1 is 1.28 bits per heavy atom. The van der Waals surface area contributed by atoms with E-state index >= 15 is 0 Å². The van der Waals surface area contributed by atoms with Gasteiger partial charge in [0.05, 0.1) is 12.6 Å². The average Bonchev–Trinajstić information content (AvgIpc) is 3.15. The molecule has 0 bridgehead atoms. The second-order valence-corrected chi connectivity index (χ2v) is 8.12. The topological polar surface area (TPSA) is 60.9 Å². The number of amides is 4. The summed E-state index contributed by atoms with van der Waals surface area (Å²) in [7, 11) is 0. The predicted molar refractivity (Wildman–Crippen MR) is 93.9 cm³/mol. The van der Waals surface area contributed by atoms with Gasteiger partial charge in [-0.1, -0.05) is 13.0 Å². The summed E-state index contributed by atoms with van der Waals surface area (Å²) < 4.78 is 0. The normalized spacial score (nSPS) is 26.4. The van der Waals surface area contributed by atoms with Gasteiger partial charge in [-0.05, 0) is 37.1 Å². The van der Waals surface area contributed by atoms with Crippen LogP contribution in [0, 0.1) is 5.92 Å². The molecule has 7 heteroatoms. The van der Waals surface area contributed by atoms with Crippen LogP contribution in [-0.2, 0) is 16.1 Å². The van der Waals surface area contributed by atoms with E-state index in [1.165, 1.54) is 4.90 Å².